The van der Waals surface area contributed by atoms with Crippen LogP contribution in [0.1, 0.15) is 17.2 Å². The zero-order valence-electron chi connectivity index (χ0n) is 7.86. The number of hydrogen-bond acceptors (Lipinski definition) is 3. The summed E-state index contributed by atoms with van der Waals surface area (Å²) in [7, 11) is 0. The second kappa shape index (κ2) is 3.59. The predicted octanol–water partition coefficient (Wildman–Crippen LogP) is 0.673. The number of allylic oxidation sites excluding steroid dienone is 1. The van der Waals surface area contributed by atoms with E-state index in [4.69, 9.17) is 5.11 Å². The van der Waals surface area contributed by atoms with Gasteiger partial charge in [0.05, 0.1) is 0 Å². The smallest absolute Gasteiger partial charge is 0.330 e. The first kappa shape index (κ1) is 9.49. The lowest BCUT2D eigenvalue weighted by Crippen LogP contribution is -2.33. The Morgan fingerprint density at radius 2 is 2.20 bits per heavy atom. The lowest BCUT2D eigenvalue weighted by molar-refractivity contribution is -0.139. The molecule has 0 saturated carbocycles. The van der Waals surface area contributed by atoms with Gasteiger partial charge in [-0.25, -0.2) is 9.59 Å². The Morgan fingerprint density at radius 1 is 1.47 bits per heavy atom. The van der Waals surface area contributed by atoms with Crippen molar-refractivity contribution in [2.45, 2.75) is 12.5 Å². The first-order valence-electron chi connectivity index (χ1n) is 4.53. The molecule has 1 heterocycles. The van der Waals surface area contributed by atoms with Gasteiger partial charge < -0.3 is 10.4 Å². The Morgan fingerprint density at radius 3 is 2.87 bits per heavy atom. The van der Waals surface area contributed by atoms with Gasteiger partial charge in [0.25, 0.3) is 0 Å². The fourth-order valence-electron chi connectivity index (χ4n) is 1.73. The van der Waals surface area contributed by atoms with E-state index in [-0.39, 0.29) is 0 Å². The molecule has 0 spiro atoms. The summed E-state index contributed by atoms with van der Waals surface area (Å²) in [5.41, 5.74) is 1.87. The van der Waals surface area contributed by atoms with Crippen molar-refractivity contribution in [3.8, 4) is 0 Å². The van der Waals surface area contributed by atoms with Gasteiger partial charge >= 0.3 is 5.97 Å². The quantitative estimate of drug-likeness (QED) is 0.658. The molecule has 0 radical (unpaired) electrons. The molecule has 1 atom stereocenters. The van der Waals surface area contributed by atoms with E-state index < -0.39 is 12.0 Å². The van der Waals surface area contributed by atoms with Crippen molar-refractivity contribution < 1.29 is 14.7 Å². The van der Waals surface area contributed by atoms with Gasteiger partial charge in [0.1, 0.15) is 11.6 Å². The summed E-state index contributed by atoms with van der Waals surface area (Å²) in [4.78, 5) is 21.5. The number of carboxylic acids is 1. The number of rotatable bonds is 1. The Bertz CT molecular complexity index is 461. The van der Waals surface area contributed by atoms with Crippen LogP contribution in [0.5, 0.6) is 0 Å². The number of benzene rings is 1. The summed E-state index contributed by atoms with van der Waals surface area (Å²) in [6.45, 7) is 0. The number of carboxylic acid groups (broad SMARTS) is 1. The second-order valence-electron chi connectivity index (χ2n) is 3.37. The summed E-state index contributed by atoms with van der Waals surface area (Å²) in [5, 5.41) is 11.6. The van der Waals surface area contributed by atoms with Crippen LogP contribution in [0.4, 0.5) is 0 Å². The molecular weight excluding hydrogens is 194 g/mol. The zero-order chi connectivity index (χ0) is 10.8. The minimum Gasteiger partial charge on any atom is -0.479 e. The molecule has 4 nitrogen and oxygen atoms in total. The fourth-order valence-corrected chi connectivity index (χ4v) is 1.73. The largest absolute Gasteiger partial charge is 0.479 e. The van der Waals surface area contributed by atoms with Crippen molar-refractivity contribution in [1.82, 2.24) is 5.32 Å². The van der Waals surface area contributed by atoms with Gasteiger partial charge in [-0.15, -0.1) is 0 Å². The summed E-state index contributed by atoms with van der Waals surface area (Å²) in [6.07, 6.45) is 0.420. The van der Waals surface area contributed by atoms with Gasteiger partial charge in [0.2, 0.25) is 0 Å². The average molecular weight is 203 g/mol. The van der Waals surface area contributed by atoms with Crippen LogP contribution in [0, 0.1) is 0 Å². The van der Waals surface area contributed by atoms with E-state index in [0.717, 1.165) is 5.56 Å². The molecule has 0 bridgehead atoms. The van der Waals surface area contributed by atoms with E-state index in [1.54, 1.807) is 18.1 Å². The zero-order valence-corrected chi connectivity index (χ0v) is 7.86. The van der Waals surface area contributed by atoms with Crippen LogP contribution in [0.2, 0.25) is 0 Å². The Kier molecular flexibility index (Phi) is 2.27. The lowest BCUT2D eigenvalue weighted by atomic mass is 9.93. The molecule has 15 heavy (non-hydrogen) atoms. The van der Waals surface area contributed by atoms with Gasteiger partial charge in [-0.05, 0) is 11.1 Å². The maximum Gasteiger partial charge on any atom is 0.330 e. The second-order valence-corrected chi connectivity index (χ2v) is 3.37. The van der Waals surface area contributed by atoms with E-state index in [1.165, 1.54) is 0 Å². The van der Waals surface area contributed by atoms with Crippen LogP contribution in [-0.2, 0) is 16.0 Å². The molecular formula is C11H9NO3. The number of nitrogens with one attached hydrogen (secondary N) is 1. The van der Waals surface area contributed by atoms with E-state index >= 15 is 0 Å². The third-order valence-electron chi connectivity index (χ3n) is 2.42. The summed E-state index contributed by atoms with van der Waals surface area (Å²) >= 11 is 0. The fraction of sp³-hybridized carbons (Fsp3) is 0.182. The summed E-state index contributed by atoms with van der Waals surface area (Å²) in [6, 6.07) is 6.34. The summed E-state index contributed by atoms with van der Waals surface area (Å²) < 4.78 is 0. The minimum atomic E-state index is -0.991. The molecule has 1 aromatic carbocycles. The van der Waals surface area contributed by atoms with Crippen molar-refractivity contribution in [1.29, 1.82) is 0 Å². The van der Waals surface area contributed by atoms with Gasteiger partial charge in [-0.1, -0.05) is 24.3 Å². The molecule has 1 aliphatic rings. The van der Waals surface area contributed by atoms with Crippen molar-refractivity contribution in [2.75, 3.05) is 0 Å². The molecule has 1 aromatic rings. The van der Waals surface area contributed by atoms with E-state index in [0.29, 0.717) is 17.7 Å². The van der Waals surface area contributed by atoms with Crippen LogP contribution in [-0.4, -0.2) is 17.0 Å². The molecule has 2 rings (SSSR count). The summed E-state index contributed by atoms with van der Waals surface area (Å²) in [5.74, 6) is 0.731. The highest BCUT2D eigenvalue weighted by Gasteiger charge is 2.27. The molecule has 1 aliphatic heterocycles. The Hall–Kier alpha value is -2.06. The molecule has 1 unspecified atom stereocenters. The van der Waals surface area contributed by atoms with Gasteiger partial charge in [-0.3, -0.25) is 0 Å². The maximum absolute atomic E-state index is 11.0. The first-order valence-corrected chi connectivity index (χ1v) is 4.53. The molecule has 2 N–H and O–H groups in total. The Labute approximate surface area is 86.2 Å². The van der Waals surface area contributed by atoms with Gasteiger partial charge in [0, 0.05) is 6.42 Å². The lowest BCUT2D eigenvalue weighted by Gasteiger charge is -2.24. The van der Waals surface area contributed by atoms with Crippen molar-refractivity contribution in [3.05, 3.63) is 41.1 Å². The maximum atomic E-state index is 11.0. The standard InChI is InChI=1S/C11H9NO3/c13-6-8-5-7-3-1-2-4-9(7)10(12-8)11(14)15/h1-4,10,12H,5H2,(H,14,15). The van der Waals surface area contributed by atoms with Crippen LogP contribution in [0.3, 0.4) is 0 Å². The molecule has 0 amide bonds. The normalized spacial score (nSPS) is 18.7. The van der Waals surface area contributed by atoms with Crippen LogP contribution in [0.25, 0.3) is 0 Å². The molecule has 4 heteroatoms. The first-order chi connectivity index (χ1) is 7.22. The highest BCUT2D eigenvalue weighted by atomic mass is 16.4. The molecule has 76 valence electrons. The molecule has 0 fully saturated rings. The number of fused-ring (bicyclic) bond motifs is 1. The van der Waals surface area contributed by atoms with Gasteiger partial charge in [-0.2, -0.15) is 0 Å². The van der Waals surface area contributed by atoms with Crippen LogP contribution in [0.15, 0.2) is 30.0 Å². The third kappa shape index (κ3) is 1.63. The van der Waals surface area contributed by atoms with Crippen molar-refractivity contribution in [2.24, 2.45) is 0 Å². The Balaban J connectivity index is 2.51. The molecule has 0 aliphatic carbocycles. The van der Waals surface area contributed by atoms with Crippen LogP contribution < -0.4 is 5.32 Å². The van der Waals surface area contributed by atoms with Crippen molar-refractivity contribution in [3.63, 3.8) is 0 Å². The minimum absolute atomic E-state index is 0.293. The van der Waals surface area contributed by atoms with E-state index in [9.17, 15) is 9.59 Å². The topological polar surface area (TPSA) is 66.4 Å². The highest BCUT2D eigenvalue weighted by molar-refractivity contribution is 5.78. The number of aliphatic carboxylic acids is 1. The average Bonchev–Trinajstić information content (AvgIpc) is 2.27. The number of carbonyl (C=O) groups is 1. The third-order valence-corrected chi connectivity index (χ3v) is 2.42. The SMILES string of the molecule is O=C=C1Cc2ccccc2C(C(=O)O)N1. The number of hydrogen-bond donors (Lipinski definition) is 2. The van der Waals surface area contributed by atoms with Crippen molar-refractivity contribution >= 4 is 11.9 Å². The molecule has 0 aromatic heterocycles. The van der Waals surface area contributed by atoms with Crippen LogP contribution >= 0.6 is 0 Å². The van der Waals surface area contributed by atoms with E-state index in [2.05, 4.69) is 5.32 Å². The highest BCUT2D eigenvalue weighted by Crippen LogP contribution is 2.25. The monoisotopic (exact) mass is 203 g/mol. The molecule has 0 saturated heterocycles. The van der Waals surface area contributed by atoms with Gasteiger partial charge in [0.15, 0.2) is 6.04 Å². The predicted molar refractivity (Wildman–Crippen MR) is 52.9 cm³/mol. The number of carbonyl (C=O) groups excluding carboxylic acids is 1. The van der Waals surface area contributed by atoms with E-state index in [1.807, 2.05) is 12.1 Å².